The molecule has 0 N–H and O–H groups in total. The summed E-state index contributed by atoms with van der Waals surface area (Å²) in [4.78, 5) is 20.8. The maximum absolute atomic E-state index is 10.4. The topological polar surface area (TPSA) is 34.1 Å². The van der Waals surface area contributed by atoms with Crippen LogP contribution in [-0.2, 0) is 9.59 Å². The van der Waals surface area contributed by atoms with E-state index in [2.05, 4.69) is 13.2 Å². The smallest absolute Gasteiger partial charge is 0.150 e. The van der Waals surface area contributed by atoms with Crippen LogP contribution < -0.4 is 0 Å². The van der Waals surface area contributed by atoms with Crippen LogP contribution in [0.5, 0.6) is 0 Å². The highest BCUT2D eigenvalue weighted by molar-refractivity contribution is 5.95. The molecule has 0 amide bonds. The summed E-state index contributed by atoms with van der Waals surface area (Å²) in [5.74, 6) is 0. The largest absolute Gasteiger partial charge is 0.298 e. The Hall–Kier alpha value is -1.70. The van der Waals surface area contributed by atoms with Gasteiger partial charge in [-0.2, -0.15) is 0 Å². The lowest BCUT2D eigenvalue weighted by atomic mass is 10.1. The second-order valence-corrected chi connectivity index (χ2v) is 1.95. The summed E-state index contributed by atoms with van der Waals surface area (Å²) in [6, 6.07) is 0. The molecule has 12 heavy (non-hydrogen) atoms. The molecule has 0 unspecified atom stereocenters. The standard InChI is InChI=1S/C10H10O2/c1-3-5-9(7-11)10(8-12)6-4-2/h3-8H,1-2H2/b9-5-,10-6-. The van der Waals surface area contributed by atoms with Crippen molar-refractivity contribution in [3.63, 3.8) is 0 Å². The Morgan fingerprint density at radius 1 is 0.833 bits per heavy atom. The molecule has 62 valence electrons. The van der Waals surface area contributed by atoms with E-state index in [0.29, 0.717) is 23.7 Å². The van der Waals surface area contributed by atoms with Crippen molar-refractivity contribution < 1.29 is 9.59 Å². The number of rotatable bonds is 5. The normalized spacial score (nSPS) is 12.0. The first-order chi connectivity index (χ1) is 5.79. The molecular formula is C10H10O2. The van der Waals surface area contributed by atoms with Gasteiger partial charge in [0.25, 0.3) is 0 Å². The zero-order valence-corrected chi connectivity index (χ0v) is 6.69. The molecule has 0 heterocycles. The second-order valence-electron chi connectivity index (χ2n) is 1.95. The van der Waals surface area contributed by atoms with E-state index in [1.807, 2.05) is 0 Å². The molecule has 2 heteroatoms. The fourth-order valence-corrected chi connectivity index (χ4v) is 0.661. The lowest BCUT2D eigenvalue weighted by molar-refractivity contribution is -0.107. The van der Waals surface area contributed by atoms with Crippen molar-refractivity contribution >= 4 is 12.6 Å². The molecule has 0 fully saturated rings. The van der Waals surface area contributed by atoms with E-state index in [0.717, 1.165) is 0 Å². The molecule has 0 saturated heterocycles. The van der Waals surface area contributed by atoms with E-state index in [1.165, 1.54) is 24.3 Å². The van der Waals surface area contributed by atoms with Crippen molar-refractivity contribution in [2.75, 3.05) is 0 Å². The van der Waals surface area contributed by atoms with Crippen LogP contribution in [0.25, 0.3) is 0 Å². The van der Waals surface area contributed by atoms with Crippen molar-refractivity contribution in [2.24, 2.45) is 0 Å². The van der Waals surface area contributed by atoms with Crippen LogP contribution in [0.15, 0.2) is 48.6 Å². The highest BCUT2D eigenvalue weighted by atomic mass is 16.1. The van der Waals surface area contributed by atoms with E-state index < -0.39 is 0 Å². The Balaban J connectivity index is 4.91. The number of aldehydes is 2. The number of carbonyl (C=O) groups is 2. The highest BCUT2D eigenvalue weighted by Gasteiger charge is 1.99. The van der Waals surface area contributed by atoms with Crippen LogP contribution >= 0.6 is 0 Å². The van der Waals surface area contributed by atoms with E-state index in [4.69, 9.17) is 0 Å². The minimum Gasteiger partial charge on any atom is -0.298 e. The summed E-state index contributed by atoms with van der Waals surface area (Å²) in [7, 11) is 0. The lowest BCUT2D eigenvalue weighted by Crippen LogP contribution is -1.91. The maximum atomic E-state index is 10.4. The van der Waals surface area contributed by atoms with Crippen molar-refractivity contribution in [3.05, 3.63) is 48.6 Å². The van der Waals surface area contributed by atoms with Crippen LogP contribution in [-0.4, -0.2) is 12.6 Å². The summed E-state index contributed by atoms with van der Waals surface area (Å²) >= 11 is 0. The van der Waals surface area contributed by atoms with Crippen molar-refractivity contribution in [1.82, 2.24) is 0 Å². The second kappa shape index (κ2) is 6.04. The van der Waals surface area contributed by atoms with Gasteiger partial charge in [-0.25, -0.2) is 0 Å². The zero-order chi connectivity index (χ0) is 9.40. The molecule has 0 aromatic heterocycles. The zero-order valence-electron chi connectivity index (χ0n) is 6.69. The summed E-state index contributed by atoms with van der Waals surface area (Å²) in [6.45, 7) is 6.84. The lowest BCUT2D eigenvalue weighted by Gasteiger charge is -1.93. The van der Waals surface area contributed by atoms with Crippen LogP contribution in [0, 0.1) is 0 Å². The van der Waals surface area contributed by atoms with Gasteiger partial charge >= 0.3 is 0 Å². The molecule has 2 nitrogen and oxygen atoms in total. The minimum atomic E-state index is 0.305. The van der Waals surface area contributed by atoms with Crippen LogP contribution in [0.3, 0.4) is 0 Å². The van der Waals surface area contributed by atoms with Crippen molar-refractivity contribution in [3.8, 4) is 0 Å². The van der Waals surface area contributed by atoms with Crippen molar-refractivity contribution in [2.45, 2.75) is 0 Å². The highest BCUT2D eigenvalue weighted by Crippen LogP contribution is 2.04. The van der Waals surface area contributed by atoms with Gasteiger partial charge in [0.15, 0.2) is 12.6 Å². The molecule has 0 aliphatic carbocycles. The Morgan fingerprint density at radius 2 is 1.17 bits per heavy atom. The quantitative estimate of drug-likeness (QED) is 0.349. The van der Waals surface area contributed by atoms with Crippen LogP contribution in [0.4, 0.5) is 0 Å². The van der Waals surface area contributed by atoms with E-state index in [-0.39, 0.29) is 0 Å². The fourth-order valence-electron chi connectivity index (χ4n) is 0.661. The van der Waals surface area contributed by atoms with Gasteiger partial charge in [-0.15, -0.1) is 0 Å². The van der Waals surface area contributed by atoms with Crippen LogP contribution in [0.1, 0.15) is 0 Å². The Labute approximate surface area is 71.6 Å². The van der Waals surface area contributed by atoms with Gasteiger partial charge in [0.1, 0.15) is 0 Å². The van der Waals surface area contributed by atoms with E-state index >= 15 is 0 Å². The molecule has 0 aliphatic heterocycles. The third kappa shape index (κ3) is 2.92. The summed E-state index contributed by atoms with van der Waals surface area (Å²) in [5.41, 5.74) is 0.611. The molecule has 0 rings (SSSR count). The third-order valence-electron chi connectivity index (χ3n) is 1.18. The van der Waals surface area contributed by atoms with Gasteiger partial charge in [0.05, 0.1) is 0 Å². The molecule has 0 aromatic rings. The predicted molar refractivity (Wildman–Crippen MR) is 48.7 cm³/mol. The predicted octanol–water partition coefficient (Wildman–Crippen LogP) is 1.61. The molecule has 0 spiro atoms. The van der Waals surface area contributed by atoms with Gasteiger partial charge in [-0.3, -0.25) is 9.59 Å². The third-order valence-corrected chi connectivity index (χ3v) is 1.18. The SMILES string of the molecule is C=C/C=C(C=O)\C(C=O)=C/C=C. The fraction of sp³-hybridized carbons (Fsp3) is 0. The summed E-state index contributed by atoms with van der Waals surface area (Å²) in [5, 5.41) is 0. The molecule has 0 atom stereocenters. The first-order valence-electron chi connectivity index (χ1n) is 3.36. The van der Waals surface area contributed by atoms with Gasteiger partial charge < -0.3 is 0 Å². The maximum Gasteiger partial charge on any atom is 0.150 e. The Kier molecular flexibility index (Phi) is 5.18. The number of allylic oxidation sites excluding steroid dienone is 6. The molecule has 0 bridgehead atoms. The van der Waals surface area contributed by atoms with Crippen LogP contribution in [0.2, 0.25) is 0 Å². The van der Waals surface area contributed by atoms with Gasteiger partial charge in [0.2, 0.25) is 0 Å². The summed E-state index contributed by atoms with van der Waals surface area (Å²) < 4.78 is 0. The van der Waals surface area contributed by atoms with Crippen molar-refractivity contribution in [1.29, 1.82) is 0 Å². The average molecular weight is 162 g/mol. The molecule has 0 saturated carbocycles. The Bertz CT molecular complexity index is 229. The molecular weight excluding hydrogens is 152 g/mol. The Morgan fingerprint density at radius 3 is 1.33 bits per heavy atom. The van der Waals surface area contributed by atoms with Gasteiger partial charge in [-0.05, 0) is 0 Å². The van der Waals surface area contributed by atoms with Gasteiger partial charge in [0, 0.05) is 11.1 Å². The molecule has 0 aromatic carbocycles. The van der Waals surface area contributed by atoms with E-state index in [1.54, 1.807) is 0 Å². The van der Waals surface area contributed by atoms with Gasteiger partial charge in [-0.1, -0.05) is 37.5 Å². The number of carbonyl (C=O) groups excluding carboxylic acids is 2. The monoisotopic (exact) mass is 162 g/mol. The first-order valence-corrected chi connectivity index (χ1v) is 3.36. The minimum absolute atomic E-state index is 0.305. The molecule has 0 aliphatic rings. The summed E-state index contributed by atoms with van der Waals surface area (Å²) in [6.07, 6.45) is 7.04. The molecule has 0 radical (unpaired) electrons. The average Bonchev–Trinajstić information content (AvgIpc) is 2.11. The number of hydrogen-bond acceptors (Lipinski definition) is 2. The number of hydrogen-bond donors (Lipinski definition) is 0. The first kappa shape index (κ1) is 10.3. The van der Waals surface area contributed by atoms with E-state index in [9.17, 15) is 9.59 Å².